The Kier molecular flexibility index (Phi) is 3.64. The zero-order valence-electron chi connectivity index (χ0n) is 12.1. The number of hydrogen-bond acceptors (Lipinski definition) is 4. The Morgan fingerprint density at radius 2 is 1.95 bits per heavy atom. The summed E-state index contributed by atoms with van der Waals surface area (Å²) >= 11 is 0. The molecule has 0 aliphatic rings. The van der Waals surface area contributed by atoms with E-state index in [0.717, 1.165) is 17.9 Å². The van der Waals surface area contributed by atoms with E-state index in [1.54, 1.807) is 11.0 Å². The molecule has 0 aliphatic heterocycles. The number of aromatic nitrogens is 4. The number of rotatable bonds is 4. The normalized spacial score (nSPS) is 10.6. The minimum atomic E-state index is 0.798. The number of hydrogen-bond donors (Lipinski definition) is 1. The first-order valence-electron chi connectivity index (χ1n) is 6.86. The summed E-state index contributed by atoms with van der Waals surface area (Å²) in [5.74, 6) is 0. The van der Waals surface area contributed by atoms with E-state index in [0.29, 0.717) is 0 Å². The predicted molar refractivity (Wildman–Crippen MR) is 82.4 cm³/mol. The molecule has 0 unspecified atom stereocenters. The van der Waals surface area contributed by atoms with Crippen LogP contribution in [0.15, 0.2) is 48.8 Å². The Hall–Kier alpha value is -2.69. The van der Waals surface area contributed by atoms with Crippen LogP contribution in [0.3, 0.4) is 0 Å². The number of nitrogens with one attached hydrogen (secondary N) is 1. The van der Waals surface area contributed by atoms with Gasteiger partial charge < -0.3 is 5.32 Å². The SMILES string of the molecule is Cc1cccc(CNc2cccc(-n3cnnn3)c2)c1C. The van der Waals surface area contributed by atoms with Crippen LogP contribution in [0, 0.1) is 13.8 Å². The quantitative estimate of drug-likeness (QED) is 0.798. The summed E-state index contributed by atoms with van der Waals surface area (Å²) in [6.07, 6.45) is 1.59. The van der Waals surface area contributed by atoms with E-state index >= 15 is 0 Å². The first-order chi connectivity index (χ1) is 10.2. The Bertz CT molecular complexity index is 734. The maximum absolute atomic E-state index is 3.90. The van der Waals surface area contributed by atoms with E-state index in [9.17, 15) is 0 Å². The average molecular weight is 279 g/mol. The third-order valence-electron chi connectivity index (χ3n) is 3.66. The topological polar surface area (TPSA) is 55.6 Å². The summed E-state index contributed by atoms with van der Waals surface area (Å²) in [6, 6.07) is 14.4. The summed E-state index contributed by atoms with van der Waals surface area (Å²) in [7, 11) is 0. The van der Waals surface area contributed by atoms with Crippen LogP contribution in [0.2, 0.25) is 0 Å². The van der Waals surface area contributed by atoms with Crippen LogP contribution in [0.4, 0.5) is 5.69 Å². The van der Waals surface area contributed by atoms with Gasteiger partial charge in [0.25, 0.3) is 0 Å². The molecule has 106 valence electrons. The lowest BCUT2D eigenvalue weighted by atomic mass is 10.0. The molecular formula is C16H17N5. The molecule has 1 N–H and O–H groups in total. The standard InChI is InChI=1S/C16H17N5/c1-12-5-3-6-14(13(12)2)10-17-15-7-4-8-16(9-15)21-11-18-19-20-21/h3-9,11,17H,10H2,1-2H3. The maximum Gasteiger partial charge on any atom is 0.143 e. The second-order valence-corrected chi connectivity index (χ2v) is 5.02. The first kappa shape index (κ1) is 13.3. The van der Waals surface area contributed by atoms with Gasteiger partial charge >= 0.3 is 0 Å². The lowest BCUT2D eigenvalue weighted by Crippen LogP contribution is -2.03. The number of tetrazole rings is 1. The van der Waals surface area contributed by atoms with Gasteiger partial charge in [0, 0.05) is 12.2 Å². The minimum Gasteiger partial charge on any atom is -0.381 e. The fourth-order valence-corrected chi connectivity index (χ4v) is 2.24. The molecule has 5 heteroatoms. The Morgan fingerprint density at radius 1 is 1.10 bits per heavy atom. The zero-order valence-corrected chi connectivity index (χ0v) is 12.1. The highest BCUT2D eigenvalue weighted by molar-refractivity contribution is 5.51. The van der Waals surface area contributed by atoms with Crippen molar-refractivity contribution in [1.29, 1.82) is 0 Å². The number of benzene rings is 2. The monoisotopic (exact) mass is 279 g/mol. The van der Waals surface area contributed by atoms with Crippen molar-refractivity contribution in [1.82, 2.24) is 20.2 Å². The van der Waals surface area contributed by atoms with E-state index < -0.39 is 0 Å². The van der Waals surface area contributed by atoms with Gasteiger partial charge in [-0.15, -0.1) is 5.10 Å². The van der Waals surface area contributed by atoms with Crippen molar-refractivity contribution in [2.75, 3.05) is 5.32 Å². The molecule has 3 aromatic rings. The highest BCUT2D eigenvalue weighted by Gasteiger charge is 2.02. The molecular weight excluding hydrogens is 262 g/mol. The molecule has 0 saturated carbocycles. The van der Waals surface area contributed by atoms with Gasteiger partial charge in [-0.3, -0.25) is 0 Å². The van der Waals surface area contributed by atoms with Crippen LogP contribution in [-0.2, 0) is 6.54 Å². The molecule has 0 saturated heterocycles. The smallest absolute Gasteiger partial charge is 0.143 e. The van der Waals surface area contributed by atoms with Gasteiger partial charge in [-0.05, 0) is 59.2 Å². The van der Waals surface area contributed by atoms with Crippen LogP contribution >= 0.6 is 0 Å². The molecule has 5 nitrogen and oxygen atoms in total. The van der Waals surface area contributed by atoms with Crippen molar-refractivity contribution in [2.45, 2.75) is 20.4 Å². The summed E-state index contributed by atoms with van der Waals surface area (Å²) in [6.45, 7) is 5.09. The lowest BCUT2D eigenvalue weighted by Gasteiger charge is -2.11. The minimum absolute atomic E-state index is 0.798. The molecule has 0 bridgehead atoms. The molecule has 21 heavy (non-hydrogen) atoms. The fourth-order valence-electron chi connectivity index (χ4n) is 2.24. The van der Waals surface area contributed by atoms with Gasteiger partial charge in [0.15, 0.2) is 0 Å². The number of anilines is 1. The maximum atomic E-state index is 3.90. The molecule has 2 aromatic carbocycles. The summed E-state index contributed by atoms with van der Waals surface area (Å²) in [5.41, 5.74) is 5.94. The highest BCUT2D eigenvalue weighted by Crippen LogP contribution is 2.17. The molecule has 1 heterocycles. The predicted octanol–water partition coefficient (Wildman–Crippen LogP) is 2.89. The molecule has 0 spiro atoms. The van der Waals surface area contributed by atoms with Crippen molar-refractivity contribution in [2.24, 2.45) is 0 Å². The van der Waals surface area contributed by atoms with Crippen molar-refractivity contribution < 1.29 is 0 Å². The highest BCUT2D eigenvalue weighted by atomic mass is 15.5. The summed E-state index contributed by atoms with van der Waals surface area (Å²) in [4.78, 5) is 0. The fraction of sp³-hybridized carbons (Fsp3) is 0.188. The number of nitrogens with zero attached hydrogens (tertiary/aromatic N) is 4. The van der Waals surface area contributed by atoms with Gasteiger partial charge in [0.1, 0.15) is 6.33 Å². The first-order valence-corrected chi connectivity index (χ1v) is 6.86. The number of aryl methyl sites for hydroxylation is 1. The molecule has 3 rings (SSSR count). The van der Waals surface area contributed by atoms with E-state index in [4.69, 9.17) is 0 Å². The Labute approximate surface area is 123 Å². The van der Waals surface area contributed by atoms with Crippen molar-refractivity contribution in [3.05, 3.63) is 65.5 Å². The summed E-state index contributed by atoms with van der Waals surface area (Å²) in [5, 5.41) is 14.7. The van der Waals surface area contributed by atoms with Gasteiger partial charge in [-0.2, -0.15) is 0 Å². The second-order valence-electron chi connectivity index (χ2n) is 5.02. The zero-order chi connectivity index (χ0) is 14.7. The third-order valence-corrected chi connectivity index (χ3v) is 3.66. The van der Waals surface area contributed by atoms with Crippen LogP contribution in [-0.4, -0.2) is 20.2 Å². The molecule has 1 aromatic heterocycles. The van der Waals surface area contributed by atoms with E-state index in [1.807, 2.05) is 24.3 Å². The van der Waals surface area contributed by atoms with Crippen molar-refractivity contribution in [3.63, 3.8) is 0 Å². The molecule has 0 radical (unpaired) electrons. The molecule has 0 aliphatic carbocycles. The molecule has 0 fully saturated rings. The largest absolute Gasteiger partial charge is 0.381 e. The Balaban J connectivity index is 1.77. The van der Waals surface area contributed by atoms with Crippen molar-refractivity contribution >= 4 is 5.69 Å². The summed E-state index contributed by atoms with van der Waals surface area (Å²) < 4.78 is 1.64. The van der Waals surface area contributed by atoms with E-state index in [2.05, 4.69) is 52.9 Å². The van der Waals surface area contributed by atoms with E-state index in [1.165, 1.54) is 16.7 Å². The van der Waals surface area contributed by atoms with Crippen LogP contribution < -0.4 is 5.32 Å². The second kappa shape index (κ2) is 5.75. The van der Waals surface area contributed by atoms with Gasteiger partial charge in [0.2, 0.25) is 0 Å². The third kappa shape index (κ3) is 2.91. The molecule has 0 atom stereocenters. The van der Waals surface area contributed by atoms with Crippen LogP contribution in [0.5, 0.6) is 0 Å². The van der Waals surface area contributed by atoms with Gasteiger partial charge in [-0.1, -0.05) is 24.3 Å². The molecule has 0 amide bonds. The van der Waals surface area contributed by atoms with Crippen LogP contribution in [0.1, 0.15) is 16.7 Å². The average Bonchev–Trinajstić information content (AvgIpc) is 3.03. The van der Waals surface area contributed by atoms with Crippen molar-refractivity contribution in [3.8, 4) is 5.69 Å². The van der Waals surface area contributed by atoms with Gasteiger partial charge in [-0.25, -0.2) is 4.68 Å². The van der Waals surface area contributed by atoms with Crippen LogP contribution in [0.25, 0.3) is 5.69 Å². The Morgan fingerprint density at radius 3 is 2.76 bits per heavy atom. The van der Waals surface area contributed by atoms with Gasteiger partial charge in [0.05, 0.1) is 5.69 Å². The van der Waals surface area contributed by atoms with E-state index in [-0.39, 0.29) is 0 Å². The lowest BCUT2D eigenvalue weighted by molar-refractivity contribution is 0.789.